The topological polar surface area (TPSA) is 26.3 Å². The average molecular weight is 284 g/mol. The van der Waals surface area contributed by atoms with Gasteiger partial charge in [0, 0.05) is 6.42 Å². The Bertz CT molecular complexity index is 211. The molecule has 0 atom stereocenters. The molecule has 0 fully saturated rings. The Morgan fingerprint density at radius 1 is 0.850 bits per heavy atom. The van der Waals surface area contributed by atoms with Crippen LogP contribution < -0.4 is 0 Å². The highest BCUT2D eigenvalue weighted by Crippen LogP contribution is 2.13. The first-order valence-corrected chi connectivity index (χ1v) is 8.82. The lowest BCUT2D eigenvalue weighted by molar-refractivity contribution is -0.143. The molecule has 0 saturated carbocycles. The quantitative estimate of drug-likeness (QED) is 0.294. The number of hydrogen-bond acceptors (Lipinski definition) is 2. The van der Waals surface area contributed by atoms with E-state index in [4.69, 9.17) is 4.74 Å². The fourth-order valence-corrected chi connectivity index (χ4v) is 2.35. The molecule has 20 heavy (non-hydrogen) atoms. The fraction of sp³-hybridized carbons (Fsp3) is 0.944. The predicted octanol–water partition coefficient (Wildman–Crippen LogP) is 5.89. The summed E-state index contributed by atoms with van der Waals surface area (Å²) in [6.07, 6.45) is 14.6. The van der Waals surface area contributed by atoms with Crippen molar-refractivity contribution < 1.29 is 9.53 Å². The van der Waals surface area contributed by atoms with Crippen LogP contribution in [0.3, 0.4) is 0 Å². The van der Waals surface area contributed by atoms with Crippen LogP contribution in [0, 0.1) is 5.92 Å². The minimum Gasteiger partial charge on any atom is -0.466 e. The fourth-order valence-electron chi connectivity index (χ4n) is 2.35. The zero-order valence-electron chi connectivity index (χ0n) is 14.1. The summed E-state index contributed by atoms with van der Waals surface area (Å²) in [6, 6.07) is 0. The molecule has 0 aromatic rings. The average Bonchev–Trinajstić information content (AvgIpc) is 2.42. The van der Waals surface area contributed by atoms with Gasteiger partial charge in [-0.25, -0.2) is 0 Å². The van der Waals surface area contributed by atoms with E-state index in [2.05, 4.69) is 13.8 Å². The maximum Gasteiger partial charge on any atom is 0.305 e. The third-order valence-corrected chi connectivity index (χ3v) is 3.63. The molecule has 0 heterocycles. The van der Waals surface area contributed by atoms with Crippen LogP contribution in [0.15, 0.2) is 0 Å². The van der Waals surface area contributed by atoms with Gasteiger partial charge in [-0.2, -0.15) is 0 Å². The van der Waals surface area contributed by atoms with Gasteiger partial charge in [-0.15, -0.1) is 0 Å². The summed E-state index contributed by atoms with van der Waals surface area (Å²) in [6.45, 7) is 7.21. The van der Waals surface area contributed by atoms with Crippen LogP contribution in [0.5, 0.6) is 0 Å². The Kier molecular flexibility index (Phi) is 14.5. The summed E-state index contributed by atoms with van der Waals surface area (Å²) in [5.74, 6) is 0.844. The van der Waals surface area contributed by atoms with Crippen molar-refractivity contribution in [2.75, 3.05) is 6.61 Å². The zero-order chi connectivity index (χ0) is 15.1. The normalized spacial score (nSPS) is 11.0. The molecule has 0 aromatic heterocycles. The molecule has 0 aliphatic heterocycles. The van der Waals surface area contributed by atoms with Crippen LogP contribution in [-0.2, 0) is 9.53 Å². The van der Waals surface area contributed by atoms with Gasteiger partial charge in [0.2, 0.25) is 0 Å². The van der Waals surface area contributed by atoms with E-state index < -0.39 is 0 Å². The van der Waals surface area contributed by atoms with E-state index >= 15 is 0 Å². The molecule has 2 nitrogen and oxygen atoms in total. The molecule has 120 valence electrons. The number of carbonyl (C=O) groups excluding carboxylic acids is 1. The van der Waals surface area contributed by atoms with Crippen molar-refractivity contribution in [3.8, 4) is 0 Å². The summed E-state index contributed by atoms with van der Waals surface area (Å²) in [7, 11) is 0. The molecule has 0 spiro atoms. The van der Waals surface area contributed by atoms with Crippen molar-refractivity contribution in [3.63, 3.8) is 0 Å². The van der Waals surface area contributed by atoms with Crippen LogP contribution in [0.4, 0.5) is 0 Å². The second-order valence-electron chi connectivity index (χ2n) is 6.33. The maximum atomic E-state index is 11.3. The number of unbranched alkanes of at least 4 members (excludes halogenated alkanes) is 8. The number of esters is 1. The van der Waals surface area contributed by atoms with Crippen molar-refractivity contribution in [1.82, 2.24) is 0 Å². The highest BCUT2D eigenvalue weighted by molar-refractivity contribution is 5.69. The molecule has 2 heteroatoms. The Hall–Kier alpha value is -0.530. The smallest absolute Gasteiger partial charge is 0.305 e. The van der Waals surface area contributed by atoms with Crippen molar-refractivity contribution in [1.29, 1.82) is 0 Å². The van der Waals surface area contributed by atoms with Crippen molar-refractivity contribution in [2.24, 2.45) is 5.92 Å². The van der Waals surface area contributed by atoms with Crippen LogP contribution in [-0.4, -0.2) is 12.6 Å². The third kappa shape index (κ3) is 15.5. The molecule has 0 unspecified atom stereocenters. The second kappa shape index (κ2) is 14.9. The highest BCUT2D eigenvalue weighted by atomic mass is 16.5. The van der Waals surface area contributed by atoms with Gasteiger partial charge in [-0.3, -0.25) is 4.79 Å². The molecular formula is C18H36O2. The van der Waals surface area contributed by atoms with E-state index in [0.717, 1.165) is 18.8 Å². The van der Waals surface area contributed by atoms with Crippen LogP contribution in [0.1, 0.15) is 97.8 Å². The van der Waals surface area contributed by atoms with Gasteiger partial charge in [0.25, 0.3) is 0 Å². The first kappa shape index (κ1) is 19.5. The van der Waals surface area contributed by atoms with Gasteiger partial charge < -0.3 is 4.74 Å². The number of rotatable bonds is 14. The lowest BCUT2D eigenvalue weighted by atomic mass is 10.0. The molecule has 0 aromatic carbocycles. The van der Waals surface area contributed by atoms with Crippen molar-refractivity contribution in [3.05, 3.63) is 0 Å². The second-order valence-corrected chi connectivity index (χ2v) is 6.33. The van der Waals surface area contributed by atoms with Gasteiger partial charge in [0.05, 0.1) is 6.61 Å². The molecule has 0 aliphatic carbocycles. The number of carbonyl (C=O) groups is 1. The Balaban J connectivity index is 3.08. The first-order chi connectivity index (χ1) is 9.66. The summed E-state index contributed by atoms with van der Waals surface area (Å²) in [4.78, 5) is 11.3. The molecule has 0 amide bonds. The Morgan fingerprint density at radius 3 is 1.85 bits per heavy atom. The summed E-state index contributed by atoms with van der Waals surface area (Å²) in [5.41, 5.74) is 0. The van der Waals surface area contributed by atoms with Gasteiger partial charge in [-0.05, 0) is 18.8 Å². The van der Waals surface area contributed by atoms with E-state index in [-0.39, 0.29) is 5.97 Å². The number of hydrogen-bond donors (Lipinski definition) is 0. The monoisotopic (exact) mass is 284 g/mol. The Labute approximate surface area is 126 Å². The van der Waals surface area contributed by atoms with E-state index in [0.29, 0.717) is 13.0 Å². The van der Waals surface area contributed by atoms with E-state index in [9.17, 15) is 4.79 Å². The SMILES string of the molecule is CCCOC(=O)CCCCCCCCCCCC(C)C. The van der Waals surface area contributed by atoms with E-state index in [1.165, 1.54) is 57.8 Å². The maximum absolute atomic E-state index is 11.3. The van der Waals surface area contributed by atoms with Crippen LogP contribution in [0.2, 0.25) is 0 Å². The van der Waals surface area contributed by atoms with Gasteiger partial charge in [0.15, 0.2) is 0 Å². The Morgan fingerprint density at radius 2 is 1.35 bits per heavy atom. The van der Waals surface area contributed by atoms with Gasteiger partial charge >= 0.3 is 5.97 Å². The molecular weight excluding hydrogens is 248 g/mol. The minimum atomic E-state index is -0.0167. The van der Waals surface area contributed by atoms with Gasteiger partial charge in [0.1, 0.15) is 0 Å². The van der Waals surface area contributed by atoms with Crippen LogP contribution in [0.25, 0.3) is 0 Å². The minimum absolute atomic E-state index is 0.0167. The summed E-state index contributed by atoms with van der Waals surface area (Å²) in [5, 5.41) is 0. The van der Waals surface area contributed by atoms with Crippen LogP contribution >= 0.6 is 0 Å². The lowest BCUT2D eigenvalue weighted by Crippen LogP contribution is -2.04. The highest BCUT2D eigenvalue weighted by Gasteiger charge is 2.01. The molecule has 0 aliphatic rings. The molecule has 0 rings (SSSR count). The zero-order valence-corrected chi connectivity index (χ0v) is 14.1. The lowest BCUT2D eigenvalue weighted by Gasteiger charge is -2.05. The molecule has 0 bridgehead atoms. The van der Waals surface area contributed by atoms with Crippen molar-refractivity contribution in [2.45, 2.75) is 97.8 Å². The summed E-state index contributed by atoms with van der Waals surface area (Å²) < 4.78 is 5.05. The van der Waals surface area contributed by atoms with E-state index in [1.54, 1.807) is 0 Å². The third-order valence-electron chi connectivity index (χ3n) is 3.63. The number of ether oxygens (including phenoxy) is 1. The standard InChI is InChI=1S/C18H36O2/c1-4-16-20-18(19)15-13-11-9-7-5-6-8-10-12-14-17(2)3/h17H,4-16H2,1-3H3. The largest absolute Gasteiger partial charge is 0.466 e. The molecule has 0 N–H and O–H groups in total. The van der Waals surface area contributed by atoms with Gasteiger partial charge in [-0.1, -0.05) is 78.6 Å². The first-order valence-electron chi connectivity index (χ1n) is 8.82. The van der Waals surface area contributed by atoms with E-state index in [1.807, 2.05) is 6.92 Å². The van der Waals surface area contributed by atoms with Crippen molar-refractivity contribution >= 4 is 5.97 Å². The molecule has 0 saturated heterocycles. The predicted molar refractivity (Wildman–Crippen MR) is 86.9 cm³/mol. The summed E-state index contributed by atoms with van der Waals surface area (Å²) >= 11 is 0. The molecule has 0 radical (unpaired) electrons.